The van der Waals surface area contributed by atoms with Crippen LogP contribution in [0, 0.1) is 5.21 Å². The third kappa shape index (κ3) is 1.68. The molecule has 4 heteroatoms. The van der Waals surface area contributed by atoms with Crippen LogP contribution in [0.3, 0.4) is 0 Å². The molecular weight excluding hydrogens is 134 g/mol. The molecule has 0 radical (unpaired) electrons. The van der Waals surface area contributed by atoms with Gasteiger partial charge in [0.05, 0.1) is 0 Å². The molecule has 1 heterocycles. The van der Waals surface area contributed by atoms with Crippen molar-refractivity contribution in [3.05, 3.63) is 5.21 Å². The number of rotatable bonds is 2. The fourth-order valence-corrected chi connectivity index (χ4v) is 1.18. The van der Waals surface area contributed by atoms with Gasteiger partial charge < -0.3 is 5.21 Å². The summed E-state index contributed by atoms with van der Waals surface area (Å²) in [6.45, 7) is 1.07. The van der Waals surface area contributed by atoms with E-state index in [0.717, 1.165) is 19.3 Å². The number of carbonyl (C=O) groups is 1. The highest BCUT2D eigenvalue weighted by Gasteiger charge is 2.22. The van der Waals surface area contributed by atoms with Gasteiger partial charge in [-0.3, -0.25) is 4.84 Å². The first-order valence-electron chi connectivity index (χ1n) is 3.47. The minimum absolute atomic E-state index is 0.234. The normalized spacial score (nSPS) is 23.7. The smallest absolute Gasteiger partial charge is 0.355 e. The lowest BCUT2D eigenvalue weighted by atomic mass is 10.2. The molecule has 1 fully saturated rings. The van der Waals surface area contributed by atoms with E-state index in [2.05, 4.69) is 4.84 Å². The molecule has 0 amide bonds. The van der Waals surface area contributed by atoms with Crippen molar-refractivity contribution in [2.45, 2.75) is 19.3 Å². The van der Waals surface area contributed by atoms with Crippen LogP contribution in [0.5, 0.6) is 0 Å². The van der Waals surface area contributed by atoms with E-state index < -0.39 is 4.81 Å². The topological polar surface area (TPSA) is 49.4 Å². The molecular formula is C6H11NO3. The van der Waals surface area contributed by atoms with Crippen LogP contribution in [0.4, 0.5) is 0 Å². The summed E-state index contributed by atoms with van der Waals surface area (Å²) >= 11 is 0. The van der Waals surface area contributed by atoms with Gasteiger partial charge in [-0.2, -0.15) is 4.81 Å². The number of carbonyl (C=O) groups excluding carboxylic acids is 1. The van der Waals surface area contributed by atoms with E-state index in [4.69, 9.17) is 0 Å². The molecule has 0 spiro atoms. The molecule has 0 aromatic heterocycles. The van der Waals surface area contributed by atoms with Gasteiger partial charge in [0, 0.05) is 12.8 Å². The van der Waals surface area contributed by atoms with Gasteiger partial charge >= 0.3 is 6.47 Å². The number of hydroxylamine groups is 4. The quantitative estimate of drug-likeness (QED) is 0.324. The first kappa shape index (κ1) is 7.50. The Balaban J connectivity index is 2.39. The minimum atomic E-state index is -0.774. The zero-order chi connectivity index (χ0) is 7.45. The fraction of sp³-hybridized carbons (Fsp3) is 0.833. The summed E-state index contributed by atoms with van der Waals surface area (Å²) in [6.07, 6.45) is 2.79. The summed E-state index contributed by atoms with van der Waals surface area (Å²) in [7, 11) is 0. The minimum Gasteiger partial charge on any atom is -0.589 e. The van der Waals surface area contributed by atoms with Crippen LogP contribution < -0.4 is 0 Å². The standard InChI is InChI=1S/C6H11NO3/c8-6-10-7(9)4-2-1-3-5-7/h6H,1-5H2. The first-order valence-corrected chi connectivity index (χ1v) is 3.47. The summed E-state index contributed by atoms with van der Waals surface area (Å²) in [5, 5.41) is 11.2. The second-order valence-corrected chi connectivity index (χ2v) is 2.52. The number of hydrogen-bond acceptors (Lipinski definition) is 3. The summed E-state index contributed by atoms with van der Waals surface area (Å²) < 4.78 is 0. The van der Waals surface area contributed by atoms with E-state index in [0.29, 0.717) is 13.1 Å². The molecule has 1 aliphatic rings. The van der Waals surface area contributed by atoms with Gasteiger partial charge in [-0.15, -0.1) is 0 Å². The van der Waals surface area contributed by atoms with Gasteiger partial charge in [0.1, 0.15) is 13.1 Å². The number of hydrogen-bond donors (Lipinski definition) is 0. The van der Waals surface area contributed by atoms with E-state index in [1.807, 2.05) is 0 Å². The molecule has 0 N–H and O–H groups in total. The highest BCUT2D eigenvalue weighted by molar-refractivity contribution is 5.35. The molecule has 58 valence electrons. The van der Waals surface area contributed by atoms with Crippen LogP contribution in [-0.4, -0.2) is 24.4 Å². The average molecular weight is 145 g/mol. The SMILES string of the molecule is O=CO[N+]1([O-])CCCCC1. The Hall–Kier alpha value is -0.610. The van der Waals surface area contributed by atoms with Gasteiger partial charge in [-0.1, -0.05) is 0 Å². The van der Waals surface area contributed by atoms with Crippen LogP contribution in [0.1, 0.15) is 19.3 Å². The molecule has 1 rings (SSSR count). The Morgan fingerprint density at radius 3 is 2.40 bits per heavy atom. The van der Waals surface area contributed by atoms with Crippen molar-refractivity contribution >= 4 is 6.47 Å². The van der Waals surface area contributed by atoms with Gasteiger partial charge in [-0.05, 0) is 6.42 Å². The third-order valence-corrected chi connectivity index (χ3v) is 1.73. The largest absolute Gasteiger partial charge is 0.589 e. The molecule has 0 unspecified atom stereocenters. The van der Waals surface area contributed by atoms with Crippen LogP contribution in [0.25, 0.3) is 0 Å². The van der Waals surface area contributed by atoms with Gasteiger partial charge in [0.2, 0.25) is 0 Å². The highest BCUT2D eigenvalue weighted by atomic mass is 16.9. The molecule has 0 aliphatic carbocycles. The molecule has 4 nitrogen and oxygen atoms in total. The van der Waals surface area contributed by atoms with Crippen molar-refractivity contribution < 1.29 is 14.4 Å². The number of piperidine rings is 1. The highest BCUT2D eigenvalue weighted by Crippen LogP contribution is 2.16. The van der Waals surface area contributed by atoms with Crippen molar-refractivity contribution in [1.82, 2.24) is 0 Å². The Morgan fingerprint density at radius 2 is 1.90 bits per heavy atom. The lowest BCUT2D eigenvalue weighted by Crippen LogP contribution is -2.45. The van der Waals surface area contributed by atoms with Crippen LogP contribution in [0.2, 0.25) is 0 Å². The fourth-order valence-electron chi connectivity index (χ4n) is 1.18. The lowest BCUT2D eigenvalue weighted by molar-refractivity contribution is -1.05. The van der Waals surface area contributed by atoms with Crippen LogP contribution >= 0.6 is 0 Å². The Bertz CT molecular complexity index is 120. The molecule has 1 aliphatic heterocycles. The van der Waals surface area contributed by atoms with Crippen molar-refractivity contribution in [3.63, 3.8) is 0 Å². The summed E-state index contributed by atoms with van der Waals surface area (Å²) in [6, 6.07) is 0. The number of nitrogens with zero attached hydrogens (tertiary/aromatic N) is 1. The summed E-state index contributed by atoms with van der Waals surface area (Å²) in [5.74, 6) is 0. The maximum absolute atomic E-state index is 11.2. The molecule has 0 atom stereocenters. The van der Waals surface area contributed by atoms with Gasteiger partial charge in [0.15, 0.2) is 0 Å². The third-order valence-electron chi connectivity index (χ3n) is 1.73. The summed E-state index contributed by atoms with van der Waals surface area (Å²) in [4.78, 5) is 13.4. The monoisotopic (exact) mass is 145 g/mol. The second-order valence-electron chi connectivity index (χ2n) is 2.52. The molecule has 0 aromatic carbocycles. The maximum Gasteiger partial charge on any atom is 0.355 e. The predicted octanol–water partition coefficient (Wildman–Crippen LogP) is 0.573. The lowest BCUT2D eigenvalue weighted by Gasteiger charge is -2.38. The van der Waals surface area contributed by atoms with Crippen molar-refractivity contribution in [2.75, 3.05) is 13.1 Å². The van der Waals surface area contributed by atoms with E-state index >= 15 is 0 Å². The number of quaternary nitrogens is 1. The van der Waals surface area contributed by atoms with Crippen LogP contribution in [-0.2, 0) is 9.63 Å². The zero-order valence-corrected chi connectivity index (χ0v) is 5.78. The second kappa shape index (κ2) is 2.98. The van der Waals surface area contributed by atoms with E-state index in [-0.39, 0.29) is 6.47 Å². The van der Waals surface area contributed by atoms with Gasteiger partial charge in [-0.25, -0.2) is 4.79 Å². The Morgan fingerprint density at radius 1 is 1.30 bits per heavy atom. The van der Waals surface area contributed by atoms with Crippen molar-refractivity contribution in [3.8, 4) is 0 Å². The Labute approximate surface area is 59.5 Å². The molecule has 0 aromatic rings. The van der Waals surface area contributed by atoms with E-state index in [1.54, 1.807) is 0 Å². The Kier molecular flexibility index (Phi) is 2.24. The zero-order valence-electron chi connectivity index (χ0n) is 5.78. The molecule has 0 saturated carbocycles. The maximum atomic E-state index is 11.2. The summed E-state index contributed by atoms with van der Waals surface area (Å²) in [5.41, 5.74) is 0. The van der Waals surface area contributed by atoms with E-state index in [1.165, 1.54) is 0 Å². The first-order chi connectivity index (χ1) is 4.77. The van der Waals surface area contributed by atoms with Gasteiger partial charge in [0.25, 0.3) is 0 Å². The van der Waals surface area contributed by atoms with Crippen LogP contribution in [0.15, 0.2) is 0 Å². The van der Waals surface area contributed by atoms with Crippen molar-refractivity contribution in [2.24, 2.45) is 0 Å². The molecule has 1 saturated heterocycles. The molecule has 0 bridgehead atoms. The predicted molar refractivity (Wildman–Crippen MR) is 34.4 cm³/mol. The molecule has 10 heavy (non-hydrogen) atoms. The average Bonchev–Trinajstić information content (AvgIpc) is 1.89. The van der Waals surface area contributed by atoms with Crippen molar-refractivity contribution in [1.29, 1.82) is 0 Å². The van der Waals surface area contributed by atoms with E-state index in [9.17, 15) is 10.0 Å².